The zero-order valence-corrected chi connectivity index (χ0v) is 12.2. The molecule has 0 aliphatic rings. The van der Waals surface area contributed by atoms with E-state index in [0.717, 1.165) is 0 Å². The molecule has 9 heteroatoms. The molecule has 0 bridgehead atoms. The van der Waals surface area contributed by atoms with Gasteiger partial charge in [0.1, 0.15) is 5.82 Å². The molecular weight excluding hydrogens is 320 g/mol. The van der Waals surface area contributed by atoms with Crippen LogP contribution in [0.1, 0.15) is 24.9 Å². The van der Waals surface area contributed by atoms with Crippen LogP contribution in [0.2, 0.25) is 0 Å². The molecule has 23 heavy (non-hydrogen) atoms. The second kappa shape index (κ2) is 8.35. The van der Waals surface area contributed by atoms with Crippen molar-refractivity contribution in [1.82, 2.24) is 10.6 Å². The molecule has 1 atom stereocenters. The van der Waals surface area contributed by atoms with Crippen molar-refractivity contribution in [2.45, 2.75) is 25.6 Å². The Hall–Kier alpha value is -2.32. The Labute approximate surface area is 130 Å². The first-order valence-electron chi connectivity index (χ1n) is 6.69. The SMILES string of the molecule is C[C@H](NC(=O)CCNC(=O)OCC(F)(F)F)c1ccc(F)cc1. The van der Waals surface area contributed by atoms with Gasteiger partial charge in [-0.15, -0.1) is 0 Å². The lowest BCUT2D eigenvalue weighted by molar-refractivity contribution is -0.160. The van der Waals surface area contributed by atoms with Gasteiger partial charge in [-0.25, -0.2) is 9.18 Å². The van der Waals surface area contributed by atoms with Gasteiger partial charge >= 0.3 is 12.3 Å². The van der Waals surface area contributed by atoms with Crippen molar-refractivity contribution >= 4 is 12.0 Å². The molecule has 0 radical (unpaired) electrons. The summed E-state index contributed by atoms with van der Waals surface area (Å²) < 4.78 is 52.1. The number of hydrogen-bond acceptors (Lipinski definition) is 3. The van der Waals surface area contributed by atoms with Crippen molar-refractivity contribution < 1.29 is 31.9 Å². The van der Waals surface area contributed by atoms with Gasteiger partial charge in [-0.2, -0.15) is 13.2 Å². The minimum Gasteiger partial charge on any atom is -0.440 e. The molecule has 0 saturated heterocycles. The first kappa shape index (κ1) is 18.7. The van der Waals surface area contributed by atoms with Gasteiger partial charge in [0, 0.05) is 13.0 Å². The summed E-state index contributed by atoms with van der Waals surface area (Å²) in [6.07, 6.45) is -5.98. The van der Waals surface area contributed by atoms with E-state index in [1.807, 2.05) is 5.32 Å². The fourth-order valence-electron chi connectivity index (χ4n) is 1.62. The van der Waals surface area contributed by atoms with Crippen LogP contribution in [0.4, 0.5) is 22.4 Å². The average molecular weight is 336 g/mol. The van der Waals surface area contributed by atoms with Crippen LogP contribution >= 0.6 is 0 Å². The van der Waals surface area contributed by atoms with Crippen molar-refractivity contribution in [3.8, 4) is 0 Å². The number of ether oxygens (including phenoxy) is 1. The third-order valence-electron chi connectivity index (χ3n) is 2.74. The lowest BCUT2D eigenvalue weighted by Crippen LogP contribution is -2.33. The zero-order valence-electron chi connectivity index (χ0n) is 12.2. The van der Waals surface area contributed by atoms with Crippen molar-refractivity contribution in [1.29, 1.82) is 0 Å². The van der Waals surface area contributed by atoms with Gasteiger partial charge in [-0.3, -0.25) is 4.79 Å². The minimum atomic E-state index is -4.60. The molecule has 0 unspecified atom stereocenters. The molecule has 0 aromatic heterocycles. The number of benzene rings is 1. The lowest BCUT2D eigenvalue weighted by atomic mass is 10.1. The molecule has 2 amide bonds. The molecule has 2 N–H and O–H groups in total. The third kappa shape index (κ3) is 8.03. The van der Waals surface area contributed by atoms with Gasteiger partial charge in [-0.05, 0) is 24.6 Å². The van der Waals surface area contributed by atoms with Crippen LogP contribution in [0.15, 0.2) is 24.3 Å². The van der Waals surface area contributed by atoms with Crippen LogP contribution < -0.4 is 10.6 Å². The summed E-state index contributed by atoms with van der Waals surface area (Å²) in [7, 11) is 0. The summed E-state index contributed by atoms with van der Waals surface area (Å²) in [4.78, 5) is 22.6. The maximum atomic E-state index is 12.8. The number of alkyl carbamates (subject to hydrolysis) is 1. The predicted octanol–water partition coefficient (Wildman–Crippen LogP) is 2.68. The van der Waals surface area contributed by atoms with Crippen molar-refractivity contribution in [2.75, 3.05) is 13.2 Å². The van der Waals surface area contributed by atoms with Crippen LogP contribution in [0.3, 0.4) is 0 Å². The van der Waals surface area contributed by atoms with Crippen LogP contribution in [-0.4, -0.2) is 31.3 Å². The number of carbonyl (C=O) groups excluding carboxylic acids is 2. The number of nitrogens with one attached hydrogen (secondary N) is 2. The van der Waals surface area contributed by atoms with Gasteiger partial charge in [0.05, 0.1) is 6.04 Å². The van der Waals surface area contributed by atoms with E-state index in [4.69, 9.17) is 0 Å². The Kier molecular flexibility index (Phi) is 6.80. The Morgan fingerprint density at radius 1 is 1.22 bits per heavy atom. The highest BCUT2D eigenvalue weighted by Gasteiger charge is 2.29. The first-order valence-corrected chi connectivity index (χ1v) is 6.69. The quantitative estimate of drug-likeness (QED) is 0.785. The normalized spacial score (nSPS) is 12.4. The molecule has 0 heterocycles. The molecule has 5 nitrogen and oxygen atoms in total. The number of carbonyl (C=O) groups is 2. The van der Waals surface area contributed by atoms with E-state index in [0.29, 0.717) is 5.56 Å². The highest BCUT2D eigenvalue weighted by Crippen LogP contribution is 2.14. The van der Waals surface area contributed by atoms with Gasteiger partial charge in [-0.1, -0.05) is 12.1 Å². The van der Waals surface area contributed by atoms with Crippen LogP contribution in [-0.2, 0) is 9.53 Å². The monoisotopic (exact) mass is 336 g/mol. The smallest absolute Gasteiger partial charge is 0.422 e. The summed E-state index contributed by atoms with van der Waals surface area (Å²) in [5, 5.41) is 4.65. The molecule has 1 aromatic carbocycles. The van der Waals surface area contributed by atoms with E-state index in [1.54, 1.807) is 6.92 Å². The largest absolute Gasteiger partial charge is 0.440 e. The summed E-state index contributed by atoms with van der Waals surface area (Å²) in [5.74, 6) is -0.813. The maximum absolute atomic E-state index is 12.8. The Bertz CT molecular complexity index is 532. The van der Waals surface area contributed by atoms with E-state index in [1.165, 1.54) is 24.3 Å². The van der Waals surface area contributed by atoms with Crippen molar-refractivity contribution in [3.63, 3.8) is 0 Å². The van der Waals surface area contributed by atoms with Crippen molar-refractivity contribution in [3.05, 3.63) is 35.6 Å². The Balaban J connectivity index is 2.26. The number of rotatable bonds is 6. The average Bonchev–Trinajstić information content (AvgIpc) is 2.45. The molecule has 0 aliphatic heterocycles. The molecule has 0 spiro atoms. The summed E-state index contributed by atoms with van der Waals surface area (Å²) >= 11 is 0. The number of amides is 2. The molecule has 128 valence electrons. The van der Waals surface area contributed by atoms with E-state index < -0.39 is 30.6 Å². The minimum absolute atomic E-state index is 0.132. The molecule has 0 fully saturated rings. The molecular formula is C14H16F4N2O3. The number of hydrogen-bond donors (Lipinski definition) is 2. The highest BCUT2D eigenvalue weighted by atomic mass is 19.4. The van der Waals surface area contributed by atoms with E-state index in [2.05, 4.69) is 10.1 Å². The van der Waals surface area contributed by atoms with E-state index >= 15 is 0 Å². The number of alkyl halides is 3. The predicted molar refractivity (Wildman–Crippen MR) is 73.0 cm³/mol. The van der Waals surface area contributed by atoms with Crippen LogP contribution in [0, 0.1) is 5.82 Å². The molecule has 1 aromatic rings. The van der Waals surface area contributed by atoms with Crippen LogP contribution in [0.25, 0.3) is 0 Å². The fourth-order valence-corrected chi connectivity index (χ4v) is 1.62. The van der Waals surface area contributed by atoms with Gasteiger partial charge < -0.3 is 15.4 Å². The second-order valence-corrected chi connectivity index (χ2v) is 4.71. The zero-order chi connectivity index (χ0) is 17.5. The van der Waals surface area contributed by atoms with Crippen LogP contribution in [0.5, 0.6) is 0 Å². The second-order valence-electron chi connectivity index (χ2n) is 4.71. The lowest BCUT2D eigenvalue weighted by Gasteiger charge is -2.14. The topological polar surface area (TPSA) is 67.4 Å². The summed E-state index contributed by atoms with van der Waals surface area (Å²) in [6.45, 7) is -0.165. The van der Waals surface area contributed by atoms with E-state index in [-0.39, 0.29) is 19.0 Å². The van der Waals surface area contributed by atoms with E-state index in [9.17, 15) is 27.2 Å². The molecule has 0 aliphatic carbocycles. The third-order valence-corrected chi connectivity index (χ3v) is 2.74. The highest BCUT2D eigenvalue weighted by molar-refractivity contribution is 5.77. The summed E-state index contributed by atoms with van der Waals surface area (Å²) in [5.41, 5.74) is 0.692. The van der Waals surface area contributed by atoms with Gasteiger partial charge in [0.25, 0.3) is 0 Å². The Morgan fingerprint density at radius 2 is 1.83 bits per heavy atom. The summed E-state index contributed by atoms with van der Waals surface area (Å²) in [6, 6.07) is 5.19. The van der Waals surface area contributed by atoms with Gasteiger partial charge in [0.2, 0.25) is 5.91 Å². The van der Waals surface area contributed by atoms with Crippen molar-refractivity contribution in [2.24, 2.45) is 0 Å². The fraction of sp³-hybridized carbons (Fsp3) is 0.429. The molecule has 1 rings (SSSR count). The number of halogens is 4. The molecule has 0 saturated carbocycles. The first-order chi connectivity index (χ1) is 10.7. The maximum Gasteiger partial charge on any atom is 0.422 e. The van der Waals surface area contributed by atoms with Gasteiger partial charge in [0.15, 0.2) is 6.61 Å². The Morgan fingerprint density at radius 3 is 2.39 bits per heavy atom. The standard InChI is InChI=1S/C14H16F4N2O3/c1-9(10-2-4-11(15)5-3-10)20-12(21)6-7-19-13(22)23-8-14(16,17)18/h2-5,9H,6-8H2,1H3,(H,19,22)(H,20,21)/t9-/m0/s1.